The maximum Gasteiger partial charge on any atom is 0.499 e. The SMILES string of the molecule is CCO[C@@H]1[C@@H](OC)[C@H](C)O[C@@H](OC(=O)Nc2ccc(-c3nc(NC(=O)CC)n(-c4ccc(OC(F)(F)C(F)(F)F)cc4)n3)cc2)[C@@H]1OC. The summed E-state index contributed by atoms with van der Waals surface area (Å²) in [5, 5.41) is 9.53. The molecule has 4 rings (SSSR count). The number of benzene rings is 2. The van der Waals surface area contributed by atoms with Crippen LogP contribution in [0.15, 0.2) is 48.5 Å². The maximum absolute atomic E-state index is 13.3. The number of ether oxygens (including phenoxy) is 6. The van der Waals surface area contributed by atoms with E-state index in [1.54, 1.807) is 26.0 Å². The fourth-order valence-corrected chi connectivity index (χ4v) is 4.75. The van der Waals surface area contributed by atoms with E-state index in [1.165, 1.54) is 31.0 Å². The molecule has 5 atom stereocenters. The zero-order valence-electron chi connectivity index (χ0n) is 26.4. The number of halogens is 5. The molecule has 48 heavy (non-hydrogen) atoms. The van der Waals surface area contributed by atoms with Gasteiger partial charge in [0, 0.05) is 38.5 Å². The Kier molecular flexibility index (Phi) is 11.6. The minimum atomic E-state index is -5.91. The minimum absolute atomic E-state index is 0.0487. The van der Waals surface area contributed by atoms with Gasteiger partial charge in [0.1, 0.15) is 24.1 Å². The van der Waals surface area contributed by atoms with Crippen LogP contribution in [0.4, 0.5) is 38.4 Å². The number of aromatic nitrogens is 3. The van der Waals surface area contributed by atoms with E-state index in [1.807, 2.05) is 6.92 Å². The Morgan fingerprint density at radius 3 is 2.12 bits per heavy atom. The van der Waals surface area contributed by atoms with Gasteiger partial charge >= 0.3 is 18.4 Å². The highest BCUT2D eigenvalue weighted by molar-refractivity contribution is 5.89. The number of carbonyl (C=O) groups is 2. The quantitative estimate of drug-likeness (QED) is 0.233. The van der Waals surface area contributed by atoms with Gasteiger partial charge in [-0.05, 0) is 62.4 Å². The summed E-state index contributed by atoms with van der Waals surface area (Å²) in [5.41, 5.74) is 0.947. The highest BCUT2D eigenvalue weighted by Gasteiger charge is 2.61. The van der Waals surface area contributed by atoms with Gasteiger partial charge in [-0.25, -0.2) is 4.79 Å². The van der Waals surface area contributed by atoms with Crippen LogP contribution in [0.2, 0.25) is 0 Å². The number of amides is 2. The van der Waals surface area contributed by atoms with E-state index in [9.17, 15) is 31.5 Å². The molecule has 1 aromatic heterocycles. The first kappa shape index (κ1) is 36.4. The van der Waals surface area contributed by atoms with E-state index in [0.717, 1.165) is 24.3 Å². The zero-order chi connectivity index (χ0) is 35.2. The van der Waals surface area contributed by atoms with Crippen LogP contribution in [-0.4, -0.2) is 90.6 Å². The predicted octanol–water partition coefficient (Wildman–Crippen LogP) is 5.55. The molecule has 1 aliphatic heterocycles. The molecule has 2 N–H and O–H groups in total. The van der Waals surface area contributed by atoms with Gasteiger partial charge in [-0.15, -0.1) is 5.10 Å². The van der Waals surface area contributed by atoms with E-state index < -0.39 is 60.7 Å². The first-order chi connectivity index (χ1) is 22.7. The van der Waals surface area contributed by atoms with Crippen LogP contribution >= 0.6 is 0 Å². The van der Waals surface area contributed by atoms with E-state index in [0.29, 0.717) is 17.9 Å². The third-order valence-corrected chi connectivity index (χ3v) is 7.08. The van der Waals surface area contributed by atoms with Crippen LogP contribution in [0.5, 0.6) is 5.75 Å². The molecule has 0 bridgehead atoms. The number of hydrogen-bond acceptors (Lipinski definition) is 10. The molecule has 0 saturated carbocycles. The molecule has 13 nitrogen and oxygen atoms in total. The van der Waals surface area contributed by atoms with Gasteiger partial charge in [0.25, 0.3) is 0 Å². The molecule has 1 aliphatic rings. The first-order valence-corrected chi connectivity index (χ1v) is 14.6. The van der Waals surface area contributed by atoms with Crippen molar-refractivity contribution in [1.29, 1.82) is 0 Å². The fourth-order valence-electron chi connectivity index (χ4n) is 4.75. The normalized spacial score (nSPS) is 21.4. The van der Waals surface area contributed by atoms with Gasteiger partial charge in [-0.3, -0.25) is 15.4 Å². The molecule has 2 amide bonds. The molecular weight excluding hydrogens is 653 g/mol. The Labute approximate surface area is 271 Å². The summed E-state index contributed by atoms with van der Waals surface area (Å²) in [7, 11) is 2.96. The summed E-state index contributed by atoms with van der Waals surface area (Å²) in [6.45, 7) is 5.55. The molecule has 2 aromatic carbocycles. The van der Waals surface area contributed by atoms with E-state index in [4.69, 9.17) is 23.7 Å². The van der Waals surface area contributed by atoms with Crippen molar-refractivity contribution >= 4 is 23.6 Å². The maximum atomic E-state index is 13.3. The summed E-state index contributed by atoms with van der Waals surface area (Å²) in [5.74, 6) is -1.11. The van der Waals surface area contributed by atoms with Crippen LogP contribution < -0.4 is 15.4 Å². The molecule has 0 radical (unpaired) electrons. The van der Waals surface area contributed by atoms with Gasteiger partial charge in [0.15, 0.2) is 5.82 Å². The number of nitrogens with zero attached hydrogens (tertiary/aromatic N) is 3. The molecule has 0 spiro atoms. The lowest BCUT2D eigenvalue weighted by atomic mass is 9.99. The fraction of sp³-hybridized carbons (Fsp3) is 0.467. The summed E-state index contributed by atoms with van der Waals surface area (Å²) >= 11 is 0. The van der Waals surface area contributed by atoms with Gasteiger partial charge < -0.3 is 28.4 Å². The number of anilines is 2. The molecule has 18 heteroatoms. The van der Waals surface area contributed by atoms with Gasteiger partial charge in [-0.2, -0.15) is 31.6 Å². The van der Waals surface area contributed by atoms with E-state index in [-0.39, 0.29) is 23.9 Å². The van der Waals surface area contributed by atoms with Crippen molar-refractivity contribution < 1.29 is 60.0 Å². The molecule has 3 aromatic rings. The molecule has 1 saturated heterocycles. The van der Waals surface area contributed by atoms with Crippen LogP contribution in [0.25, 0.3) is 17.1 Å². The first-order valence-electron chi connectivity index (χ1n) is 14.6. The van der Waals surface area contributed by atoms with Gasteiger partial charge in [0.05, 0.1) is 11.8 Å². The third-order valence-electron chi connectivity index (χ3n) is 7.08. The number of carbonyl (C=O) groups excluding carboxylic acids is 2. The number of alkyl halides is 5. The number of nitrogens with one attached hydrogen (secondary N) is 2. The van der Waals surface area contributed by atoms with Crippen molar-refractivity contribution in [1.82, 2.24) is 14.8 Å². The molecule has 0 unspecified atom stereocenters. The Bertz CT molecular complexity index is 1540. The highest BCUT2D eigenvalue weighted by Crippen LogP contribution is 2.37. The lowest BCUT2D eigenvalue weighted by molar-refractivity contribution is -0.360. The van der Waals surface area contributed by atoms with E-state index >= 15 is 0 Å². The van der Waals surface area contributed by atoms with Crippen LogP contribution in [0, 0.1) is 0 Å². The summed E-state index contributed by atoms with van der Waals surface area (Å²) in [4.78, 5) is 29.3. The number of methoxy groups -OCH3 is 2. The minimum Gasteiger partial charge on any atom is -0.426 e. The number of rotatable bonds is 12. The van der Waals surface area contributed by atoms with Crippen molar-refractivity contribution in [2.75, 3.05) is 31.5 Å². The number of hydrogen-bond donors (Lipinski definition) is 2. The topological polar surface area (TPSA) is 144 Å². The third kappa shape index (κ3) is 8.36. The van der Waals surface area contributed by atoms with Gasteiger partial charge in [-0.1, -0.05) is 6.92 Å². The van der Waals surface area contributed by atoms with Crippen LogP contribution in [-0.2, 0) is 28.5 Å². The largest absolute Gasteiger partial charge is 0.499 e. The highest BCUT2D eigenvalue weighted by atomic mass is 19.4. The Balaban J connectivity index is 1.49. The van der Waals surface area contributed by atoms with Gasteiger partial charge in [0.2, 0.25) is 18.1 Å². The molecule has 262 valence electrons. The summed E-state index contributed by atoms with van der Waals surface area (Å²) in [6.07, 6.45) is -15.4. The second-order valence-corrected chi connectivity index (χ2v) is 10.3. The molecular formula is C30H34F5N5O8. The lowest BCUT2D eigenvalue weighted by Crippen LogP contribution is -2.60. The molecule has 2 heterocycles. The summed E-state index contributed by atoms with van der Waals surface area (Å²) in [6, 6.07) is 10.3. The van der Waals surface area contributed by atoms with Crippen molar-refractivity contribution in [3.05, 3.63) is 48.5 Å². The Morgan fingerprint density at radius 2 is 1.56 bits per heavy atom. The average Bonchev–Trinajstić information content (AvgIpc) is 3.44. The monoisotopic (exact) mass is 687 g/mol. The van der Waals surface area contributed by atoms with Crippen molar-refractivity contribution in [2.24, 2.45) is 0 Å². The Morgan fingerprint density at radius 1 is 0.917 bits per heavy atom. The van der Waals surface area contributed by atoms with Crippen LogP contribution in [0.3, 0.4) is 0 Å². The van der Waals surface area contributed by atoms with Crippen molar-refractivity contribution in [2.45, 2.75) is 70.2 Å². The molecule has 1 fully saturated rings. The smallest absolute Gasteiger partial charge is 0.426 e. The van der Waals surface area contributed by atoms with E-state index in [2.05, 4.69) is 25.5 Å². The van der Waals surface area contributed by atoms with Crippen LogP contribution in [0.1, 0.15) is 27.2 Å². The summed E-state index contributed by atoms with van der Waals surface area (Å²) < 4.78 is 97.4. The van der Waals surface area contributed by atoms with Crippen molar-refractivity contribution in [3.8, 4) is 22.8 Å². The Hall–Kier alpha value is -4.39. The second-order valence-electron chi connectivity index (χ2n) is 10.3. The van der Waals surface area contributed by atoms with Crippen molar-refractivity contribution in [3.63, 3.8) is 0 Å². The lowest BCUT2D eigenvalue weighted by Gasteiger charge is -2.43. The molecule has 0 aliphatic carbocycles. The zero-order valence-corrected chi connectivity index (χ0v) is 26.4. The predicted molar refractivity (Wildman–Crippen MR) is 159 cm³/mol. The second kappa shape index (κ2) is 15.2. The average molecular weight is 688 g/mol. The standard InChI is InChI=1S/C30H34F5N5O8/c1-6-21(41)37-27-38-25(39-40(27)19-12-14-20(15-13-19)48-30(34,35)29(31,32)33)17-8-10-18(11-9-17)36-28(42)47-26-24(44-5)23(45-7-2)22(43-4)16(3)46-26/h8-16,22-24,26H,6-7H2,1-5H3,(H,36,42)(H,37,38,39,41)/t16-,22-,23+,24+,26-/m0/s1.